The average molecular weight is 320 g/mol. The third-order valence-corrected chi connectivity index (χ3v) is 4.40. The Hall–Kier alpha value is -2.80. The molecule has 1 aliphatic heterocycles. The SMILES string of the molecule is CC1(C)CC(=O)C2=C(C1)OC(N)=C(C#N)C2/C=C/c1ccccc1. The summed E-state index contributed by atoms with van der Waals surface area (Å²) >= 11 is 0. The van der Waals surface area contributed by atoms with Gasteiger partial charge in [-0.2, -0.15) is 5.26 Å². The summed E-state index contributed by atoms with van der Waals surface area (Å²) in [6.07, 6.45) is 4.87. The highest BCUT2D eigenvalue weighted by Crippen LogP contribution is 2.44. The number of nitriles is 1. The van der Waals surface area contributed by atoms with Gasteiger partial charge in [0.2, 0.25) is 5.88 Å². The number of benzene rings is 1. The van der Waals surface area contributed by atoms with Gasteiger partial charge in [0, 0.05) is 24.3 Å². The van der Waals surface area contributed by atoms with Gasteiger partial charge in [-0.25, -0.2) is 0 Å². The summed E-state index contributed by atoms with van der Waals surface area (Å²) in [5.41, 5.74) is 7.67. The first-order chi connectivity index (χ1) is 11.4. The zero-order valence-corrected chi connectivity index (χ0v) is 13.9. The number of carbonyl (C=O) groups is 1. The lowest BCUT2D eigenvalue weighted by atomic mass is 9.71. The molecule has 0 spiro atoms. The van der Waals surface area contributed by atoms with Crippen molar-refractivity contribution >= 4 is 11.9 Å². The number of hydrogen-bond acceptors (Lipinski definition) is 4. The Bertz CT molecular complexity index is 808. The number of nitrogens with zero attached hydrogens (tertiary/aromatic N) is 1. The average Bonchev–Trinajstić information content (AvgIpc) is 2.51. The summed E-state index contributed by atoms with van der Waals surface area (Å²) in [5.74, 6) is 0.298. The van der Waals surface area contributed by atoms with Gasteiger partial charge in [0.15, 0.2) is 5.78 Å². The highest BCUT2D eigenvalue weighted by Gasteiger charge is 2.41. The first-order valence-electron chi connectivity index (χ1n) is 7.98. The number of rotatable bonds is 2. The third-order valence-electron chi connectivity index (χ3n) is 4.40. The molecule has 1 heterocycles. The lowest BCUT2D eigenvalue weighted by Crippen LogP contribution is -2.33. The van der Waals surface area contributed by atoms with Crippen LogP contribution in [0.1, 0.15) is 32.3 Å². The Morgan fingerprint density at radius 2 is 2.00 bits per heavy atom. The van der Waals surface area contributed by atoms with Crippen molar-refractivity contribution in [3.63, 3.8) is 0 Å². The number of ketones is 1. The lowest BCUT2D eigenvalue weighted by molar-refractivity contribution is -0.119. The van der Waals surface area contributed by atoms with Crippen LogP contribution in [0, 0.1) is 22.7 Å². The molecule has 0 amide bonds. The maximum atomic E-state index is 12.7. The van der Waals surface area contributed by atoms with Crippen LogP contribution in [0.15, 0.2) is 59.2 Å². The van der Waals surface area contributed by atoms with Gasteiger partial charge in [-0.15, -0.1) is 0 Å². The van der Waals surface area contributed by atoms with Crippen LogP contribution in [0.25, 0.3) is 6.08 Å². The predicted molar refractivity (Wildman–Crippen MR) is 91.9 cm³/mol. The molecular formula is C20H20N2O2. The van der Waals surface area contributed by atoms with Crippen molar-refractivity contribution in [3.8, 4) is 6.07 Å². The molecule has 24 heavy (non-hydrogen) atoms. The molecule has 3 rings (SSSR count). The van der Waals surface area contributed by atoms with E-state index in [9.17, 15) is 10.1 Å². The molecule has 2 aliphatic rings. The Morgan fingerprint density at radius 3 is 2.67 bits per heavy atom. The number of carbonyl (C=O) groups excluding carboxylic acids is 1. The van der Waals surface area contributed by atoms with E-state index in [0.29, 0.717) is 29.7 Å². The standard InChI is InChI=1S/C20H20N2O2/c1-20(2)10-16(23)18-14(9-8-13-6-4-3-5-7-13)15(12-21)19(22)24-17(18)11-20/h3-9,14H,10-11,22H2,1-2H3/b9-8+. The van der Waals surface area contributed by atoms with E-state index in [1.54, 1.807) is 0 Å². The molecule has 0 bridgehead atoms. The van der Waals surface area contributed by atoms with Crippen molar-refractivity contribution < 1.29 is 9.53 Å². The summed E-state index contributed by atoms with van der Waals surface area (Å²) in [6, 6.07) is 11.9. The summed E-state index contributed by atoms with van der Waals surface area (Å²) in [7, 11) is 0. The summed E-state index contributed by atoms with van der Waals surface area (Å²) < 4.78 is 5.64. The fraction of sp³-hybridized carbons (Fsp3) is 0.300. The molecule has 0 radical (unpaired) electrons. The molecule has 1 aromatic rings. The predicted octanol–water partition coefficient (Wildman–Crippen LogP) is 3.68. The Balaban J connectivity index is 2.04. The van der Waals surface area contributed by atoms with E-state index >= 15 is 0 Å². The monoisotopic (exact) mass is 320 g/mol. The van der Waals surface area contributed by atoms with Crippen molar-refractivity contribution in [2.24, 2.45) is 17.1 Å². The normalized spacial score (nSPS) is 23.0. The number of nitrogens with two attached hydrogens (primary N) is 1. The molecule has 1 aliphatic carbocycles. The van der Waals surface area contributed by atoms with Crippen molar-refractivity contribution in [2.75, 3.05) is 0 Å². The van der Waals surface area contributed by atoms with Gasteiger partial charge in [-0.1, -0.05) is 56.3 Å². The quantitative estimate of drug-likeness (QED) is 0.901. The van der Waals surface area contributed by atoms with Gasteiger partial charge >= 0.3 is 0 Å². The molecule has 122 valence electrons. The molecule has 0 saturated heterocycles. The minimum Gasteiger partial charge on any atom is -0.444 e. The largest absolute Gasteiger partial charge is 0.444 e. The van der Waals surface area contributed by atoms with Crippen molar-refractivity contribution in [3.05, 3.63) is 64.8 Å². The molecule has 0 aromatic heterocycles. The molecular weight excluding hydrogens is 300 g/mol. The number of hydrogen-bond donors (Lipinski definition) is 1. The van der Waals surface area contributed by atoms with E-state index < -0.39 is 5.92 Å². The summed E-state index contributed by atoms with van der Waals surface area (Å²) in [4.78, 5) is 12.7. The van der Waals surface area contributed by atoms with Gasteiger partial charge < -0.3 is 10.5 Å². The molecule has 4 nitrogen and oxygen atoms in total. The molecule has 1 atom stereocenters. The van der Waals surface area contributed by atoms with Gasteiger partial charge in [-0.05, 0) is 11.0 Å². The minimum atomic E-state index is -0.442. The van der Waals surface area contributed by atoms with Crippen LogP contribution in [-0.2, 0) is 9.53 Å². The van der Waals surface area contributed by atoms with Crippen LogP contribution in [0.3, 0.4) is 0 Å². The molecule has 1 unspecified atom stereocenters. The molecule has 4 heteroatoms. The second-order valence-electron chi connectivity index (χ2n) is 7.02. The smallest absolute Gasteiger partial charge is 0.205 e. The number of ether oxygens (including phenoxy) is 1. The maximum absolute atomic E-state index is 12.7. The minimum absolute atomic E-state index is 0.0317. The Morgan fingerprint density at radius 1 is 1.29 bits per heavy atom. The lowest BCUT2D eigenvalue weighted by Gasteiger charge is -2.36. The van der Waals surface area contributed by atoms with Gasteiger partial charge in [0.1, 0.15) is 17.4 Å². The van der Waals surface area contributed by atoms with Gasteiger partial charge in [0.25, 0.3) is 0 Å². The zero-order valence-electron chi connectivity index (χ0n) is 13.9. The molecule has 1 aromatic carbocycles. The van der Waals surface area contributed by atoms with E-state index in [2.05, 4.69) is 6.07 Å². The van der Waals surface area contributed by atoms with Gasteiger partial charge in [0.05, 0.1) is 0 Å². The van der Waals surface area contributed by atoms with Crippen LogP contribution in [0.5, 0.6) is 0 Å². The van der Waals surface area contributed by atoms with Crippen LogP contribution in [-0.4, -0.2) is 5.78 Å². The van der Waals surface area contributed by atoms with Crippen LogP contribution in [0.4, 0.5) is 0 Å². The van der Waals surface area contributed by atoms with E-state index in [4.69, 9.17) is 10.5 Å². The fourth-order valence-corrected chi connectivity index (χ4v) is 3.29. The van der Waals surface area contributed by atoms with E-state index in [1.807, 2.05) is 56.3 Å². The highest BCUT2D eigenvalue weighted by atomic mass is 16.5. The van der Waals surface area contributed by atoms with E-state index in [0.717, 1.165) is 5.56 Å². The second kappa shape index (κ2) is 6.01. The van der Waals surface area contributed by atoms with E-state index in [-0.39, 0.29) is 17.1 Å². The summed E-state index contributed by atoms with van der Waals surface area (Å²) in [6.45, 7) is 4.07. The molecule has 0 fully saturated rings. The van der Waals surface area contributed by atoms with Crippen LogP contribution >= 0.6 is 0 Å². The molecule has 2 N–H and O–H groups in total. The molecule has 0 saturated carbocycles. The van der Waals surface area contributed by atoms with Crippen LogP contribution in [0.2, 0.25) is 0 Å². The first kappa shape index (κ1) is 16.1. The van der Waals surface area contributed by atoms with Crippen molar-refractivity contribution in [1.82, 2.24) is 0 Å². The van der Waals surface area contributed by atoms with E-state index in [1.165, 1.54) is 0 Å². The number of allylic oxidation sites excluding steroid dienone is 4. The Kier molecular flexibility index (Phi) is 4.02. The Labute approximate surface area is 141 Å². The summed E-state index contributed by atoms with van der Waals surface area (Å²) in [5, 5.41) is 9.47. The number of Topliss-reactive ketones (excluding diaryl/α,β-unsaturated/α-hetero) is 1. The third kappa shape index (κ3) is 2.98. The maximum Gasteiger partial charge on any atom is 0.205 e. The van der Waals surface area contributed by atoms with Crippen molar-refractivity contribution in [1.29, 1.82) is 5.26 Å². The fourth-order valence-electron chi connectivity index (χ4n) is 3.29. The first-order valence-corrected chi connectivity index (χ1v) is 7.98. The zero-order chi connectivity index (χ0) is 17.3. The van der Waals surface area contributed by atoms with Gasteiger partial charge in [-0.3, -0.25) is 4.79 Å². The van der Waals surface area contributed by atoms with Crippen LogP contribution < -0.4 is 5.73 Å². The second-order valence-corrected chi connectivity index (χ2v) is 7.02. The topological polar surface area (TPSA) is 76.1 Å². The highest BCUT2D eigenvalue weighted by molar-refractivity contribution is 5.99. The van der Waals surface area contributed by atoms with Crippen molar-refractivity contribution in [2.45, 2.75) is 26.7 Å².